The Morgan fingerprint density at radius 2 is 1.84 bits per heavy atom. The molecule has 0 aliphatic rings. The summed E-state index contributed by atoms with van der Waals surface area (Å²) in [5, 5.41) is 0.356. The molecule has 0 saturated carbocycles. The summed E-state index contributed by atoms with van der Waals surface area (Å²) < 4.78 is 39.1. The van der Waals surface area contributed by atoms with E-state index in [1.807, 2.05) is 0 Å². The average Bonchev–Trinajstić information content (AvgIpc) is 2.32. The lowest BCUT2D eigenvalue weighted by Gasteiger charge is -2.08. The number of hydrogen-bond donors (Lipinski definition) is 1. The lowest BCUT2D eigenvalue weighted by molar-refractivity contribution is 0.601. The minimum absolute atomic E-state index is 0.0195. The Hall–Kier alpha value is -1.37. The van der Waals surface area contributed by atoms with Crippen molar-refractivity contribution >= 4 is 38.9 Å². The zero-order valence-electron chi connectivity index (χ0n) is 9.27. The lowest BCUT2D eigenvalue weighted by Crippen LogP contribution is -2.13. The van der Waals surface area contributed by atoms with Crippen LogP contribution in [0.3, 0.4) is 0 Å². The van der Waals surface area contributed by atoms with Crippen molar-refractivity contribution in [2.24, 2.45) is 0 Å². The van der Waals surface area contributed by atoms with Crippen molar-refractivity contribution in [3.05, 3.63) is 52.5 Å². The molecule has 0 atom stereocenters. The Bertz CT molecular complexity index is 722. The fourth-order valence-corrected chi connectivity index (χ4v) is 2.75. The van der Waals surface area contributed by atoms with Crippen LogP contribution in [0.1, 0.15) is 0 Å². The largest absolute Gasteiger partial charge is 0.278 e. The number of anilines is 1. The summed E-state index contributed by atoms with van der Waals surface area (Å²) in [7, 11) is -3.87. The maximum absolute atomic E-state index is 12.9. The normalized spacial score (nSPS) is 11.3. The zero-order valence-corrected chi connectivity index (χ0v) is 11.6. The van der Waals surface area contributed by atoms with Gasteiger partial charge >= 0.3 is 0 Å². The fourth-order valence-electron chi connectivity index (χ4n) is 1.33. The molecule has 1 heterocycles. The van der Waals surface area contributed by atoms with Crippen LogP contribution in [0.2, 0.25) is 10.0 Å². The minimum atomic E-state index is -3.87. The number of benzene rings is 1. The molecule has 0 bridgehead atoms. The molecule has 100 valence electrons. The van der Waals surface area contributed by atoms with Crippen molar-refractivity contribution in [3.63, 3.8) is 0 Å². The second-order valence-electron chi connectivity index (χ2n) is 3.57. The summed E-state index contributed by atoms with van der Waals surface area (Å²) >= 11 is 11.5. The molecule has 0 aliphatic carbocycles. The molecule has 1 aromatic heterocycles. The van der Waals surface area contributed by atoms with Crippen molar-refractivity contribution in [2.45, 2.75) is 4.90 Å². The minimum Gasteiger partial charge on any atom is -0.278 e. The van der Waals surface area contributed by atoms with E-state index in [1.165, 1.54) is 24.4 Å². The number of nitrogens with one attached hydrogen (secondary N) is 1. The van der Waals surface area contributed by atoms with Crippen LogP contribution in [0.15, 0.2) is 41.6 Å². The third-order valence-electron chi connectivity index (χ3n) is 2.16. The molecule has 19 heavy (non-hydrogen) atoms. The smallest absolute Gasteiger partial charge is 0.261 e. The first-order valence-corrected chi connectivity index (χ1v) is 7.21. The first-order chi connectivity index (χ1) is 8.88. The van der Waals surface area contributed by atoms with E-state index >= 15 is 0 Å². The lowest BCUT2D eigenvalue weighted by atomic mass is 10.4. The Morgan fingerprint density at radius 3 is 2.47 bits per heavy atom. The Balaban J connectivity index is 2.35. The molecule has 0 spiro atoms. The Labute approximate surface area is 119 Å². The molecule has 0 aliphatic heterocycles. The van der Waals surface area contributed by atoms with E-state index in [2.05, 4.69) is 9.71 Å². The average molecular weight is 321 g/mol. The highest BCUT2D eigenvalue weighted by molar-refractivity contribution is 7.92. The molecule has 2 rings (SSSR count). The van der Waals surface area contributed by atoms with Crippen LogP contribution in [0.5, 0.6) is 0 Å². The maximum atomic E-state index is 12.9. The van der Waals surface area contributed by atoms with Gasteiger partial charge in [-0.3, -0.25) is 9.71 Å². The third kappa shape index (κ3) is 3.34. The van der Waals surface area contributed by atoms with Crippen molar-refractivity contribution in [2.75, 3.05) is 4.72 Å². The Kier molecular flexibility index (Phi) is 3.93. The van der Waals surface area contributed by atoms with Crippen LogP contribution >= 0.6 is 23.2 Å². The number of aromatic nitrogens is 1. The molecule has 1 N–H and O–H groups in total. The first kappa shape index (κ1) is 14.0. The summed E-state index contributed by atoms with van der Waals surface area (Å²) in [5.41, 5.74) is 0.0195. The molecule has 0 radical (unpaired) electrons. The van der Waals surface area contributed by atoms with Gasteiger partial charge < -0.3 is 0 Å². The van der Waals surface area contributed by atoms with Crippen LogP contribution in [0.25, 0.3) is 0 Å². The fraction of sp³-hybridized carbons (Fsp3) is 0. The number of halogens is 3. The molecule has 0 amide bonds. The van der Waals surface area contributed by atoms with E-state index in [1.54, 1.807) is 0 Å². The molecule has 0 unspecified atom stereocenters. The van der Waals surface area contributed by atoms with Gasteiger partial charge in [-0.15, -0.1) is 0 Å². The molecule has 2 aromatic rings. The summed E-state index contributed by atoms with van der Waals surface area (Å²) in [6.45, 7) is 0. The van der Waals surface area contributed by atoms with E-state index in [0.717, 1.165) is 12.3 Å². The number of sulfonamides is 1. The van der Waals surface area contributed by atoms with Crippen LogP contribution in [0, 0.1) is 5.82 Å². The molecule has 1 aromatic carbocycles. The van der Waals surface area contributed by atoms with Crippen molar-refractivity contribution < 1.29 is 12.8 Å². The quantitative estimate of drug-likeness (QED) is 0.943. The summed E-state index contributed by atoms with van der Waals surface area (Å²) in [5.74, 6) is -0.644. The molecular weight excluding hydrogens is 314 g/mol. The topological polar surface area (TPSA) is 59.1 Å². The van der Waals surface area contributed by atoms with Gasteiger partial charge in [0.05, 0.1) is 33.0 Å². The first-order valence-electron chi connectivity index (χ1n) is 4.97. The zero-order chi connectivity index (χ0) is 14.0. The molecule has 4 nitrogen and oxygen atoms in total. The van der Waals surface area contributed by atoms with Gasteiger partial charge in [-0.25, -0.2) is 12.8 Å². The molecular formula is C11H7Cl2FN2O2S. The number of nitrogens with zero attached hydrogens (tertiary/aromatic N) is 1. The van der Waals surface area contributed by atoms with Crippen LogP contribution in [0.4, 0.5) is 10.1 Å². The van der Waals surface area contributed by atoms with E-state index in [0.29, 0.717) is 0 Å². The SMILES string of the molecule is O=S(=O)(Nc1cncc(F)c1)c1ccc(Cl)c(Cl)c1. The second-order valence-corrected chi connectivity index (χ2v) is 6.07. The van der Waals surface area contributed by atoms with Gasteiger partial charge in [0.1, 0.15) is 5.82 Å². The van der Waals surface area contributed by atoms with Gasteiger partial charge in [0.25, 0.3) is 10.0 Å². The highest BCUT2D eigenvalue weighted by Crippen LogP contribution is 2.25. The van der Waals surface area contributed by atoms with E-state index in [-0.39, 0.29) is 20.6 Å². The standard InChI is InChI=1S/C11H7Cl2FN2O2S/c12-10-2-1-9(4-11(10)13)19(17,18)16-8-3-7(14)5-15-6-8/h1-6,16H. The predicted octanol–water partition coefficient (Wildman–Crippen LogP) is 3.33. The van der Waals surface area contributed by atoms with Crippen molar-refractivity contribution in [1.82, 2.24) is 4.98 Å². The highest BCUT2D eigenvalue weighted by Gasteiger charge is 2.16. The maximum Gasteiger partial charge on any atom is 0.261 e. The number of hydrogen-bond acceptors (Lipinski definition) is 3. The third-order valence-corrected chi connectivity index (χ3v) is 4.28. The van der Waals surface area contributed by atoms with Crippen LogP contribution in [-0.2, 0) is 10.0 Å². The molecule has 0 saturated heterocycles. The van der Waals surface area contributed by atoms with Gasteiger partial charge in [-0.2, -0.15) is 0 Å². The van der Waals surface area contributed by atoms with Crippen LogP contribution in [-0.4, -0.2) is 13.4 Å². The number of rotatable bonds is 3. The summed E-state index contributed by atoms with van der Waals surface area (Å²) in [6, 6.07) is 4.88. The van der Waals surface area contributed by atoms with E-state index in [9.17, 15) is 12.8 Å². The molecule has 0 fully saturated rings. The van der Waals surface area contributed by atoms with Gasteiger partial charge in [-0.1, -0.05) is 23.2 Å². The summed E-state index contributed by atoms with van der Waals surface area (Å²) in [4.78, 5) is 3.47. The van der Waals surface area contributed by atoms with Gasteiger partial charge in [0.2, 0.25) is 0 Å². The van der Waals surface area contributed by atoms with Gasteiger partial charge in [0, 0.05) is 6.07 Å². The van der Waals surface area contributed by atoms with Crippen molar-refractivity contribution in [1.29, 1.82) is 0 Å². The van der Waals surface area contributed by atoms with Crippen LogP contribution < -0.4 is 4.72 Å². The van der Waals surface area contributed by atoms with Crippen molar-refractivity contribution in [3.8, 4) is 0 Å². The van der Waals surface area contributed by atoms with E-state index < -0.39 is 15.8 Å². The van der Waals surface area contributed by atoms with E-state index in [4.69, 9.17) is 23.2 Å². The number of pyridine rings is 1. The Morgan fingerprint density at radius 1 is 1.11 bits per heavy atom. The second kappa shape index (κ2) is 5.32. The van der Waals surface area contributed by atoms with Gasteiger partial charge in [0.15, 0.2) is 0 Å². The molecule has 8 heteroatoms. The monoisotopic (exact) mass is 320 g/mol. The highest BCUT2D eigenvalue weighted by atomic mass is 35.5. The van der Waals surface area contributed by atoms with Gasteiger partial charge in [-0.05, 0) is 18.2 Å². The predicted molar refractivity (Wildman–Crippen MR) is 71.5 cm³/mol. The summed E-state index contributed by atoms with van der Waals surface area (Å²) in [6.07, 6.45) is 2.16.